The number of hydrogen-bond acceptors (Lipinski definition) is 7. The second kappa shape index (κ2) is 14.9. The predicted octanol–water partition coefficient (Wildman–Crippen LogP) is 6.41. The van der Waals surface area contributed by atoms with E-state index in [-0.39, 0.29) is 35.7 Å². The van der Waals surface area contributed by atoms with Gasteiger partial charge in [0.15, 0.2) is 0 Å². The minimum atomic E-state index is 0.0708. The average Bonchev–Trinajstić information content (AvgIpc) is 3.31. The Morgan fingerprint density at radius 3 is 2.15 bits per heavy atom. The third-order valence-corrected chi connectivity index (χ3v) is 12.0. The van der Waals surface area contributed by atoms with Crippen LogP contribution >= 0.6 is 0 Å². The number of fused-ring (bicyclic) bond motifs is 5. The summed E-state index contributed by atoms with van der Waals surface area (Å²) in [6.45, 7) is 17.1. The minimum Gasteiger partial charge on any atom is -0.396 e. The van der Waals surface area contributed by atoms with Crippen molar-refractivity contribution in [3.05, 3.63) is 0 Å². The molecule has 0 bridgehead atoms. The molecule has 4 saturated carbocycles. The summed E-state index contributed by atoms with van der Waals surface area (Å²) in [4.78, 5) is 0. The Bertz CT molecular complexity index is 750. The molecule has 0 aromatic heterocycles. The quantitative estimate of drug-likeness (QED) is 0.170. The van der Waals surface area contributed by atoms with E-state index in [1.807, 2.05) is 20.8 Å². The average molecular weight is 569 g/mol. The number of ether oxygens (including phenoxy) is 6. The molecule has 4 aliphatic carbocycles. The van der Waals surface area contributed by atoms with Crippen LogP contribution in [-0.2, 0) is 28.4 Å². The summed E-state index contributed by atoms with van der Waals surface area (Å²) in [5, 5.41) is 9.57. The first-order valence-electron chi connectivity index (χ1n) is 16.5. The fourth-order valence-electron chi connectivity index (χ4n) is 9.91. The zero-order valence-electron chi connectivity index (χ0n) is 26.4. The molecule has 3 unspecified atom stereocenters. The van der Waals surface area contributed by atoms with Crippen LogP contribution in [0.15, 0.2) is 0 Å². The van der Waals surface area contributed by atoms with Gasteiger partial charge in [-0.15, -0.1) is 0 Å². The molecule has 4 fully saturated rings. The maximum absolute atomic E-state index is 9.57. The Hall–Kier alpha value is -0.280. The van der Waals surface area contributed by atoms with E-state index in [1.165, 1.54) is 19.3 Å². The minimum absolute atomic E-state index is 0.0708. The van der Waals surface area contributed by atoms with Gasteiger partial charge in [0, 0.05) is 31.8 Å². The fraction of sp³-hybridized carbons (Fsp3) is 1.00. The number of aliphatic hydroxyl groups is 1. The van der Waals surface area contributed by atoms with E-state index in [0.717, 1.165) is 38.5 Å². The largest absolute Gasteiger partial charge is 0.396 e. The van der Waals surface area contributed by atoms with Crippen LogP contribution in [-0.4, -0.2) is 70.2 Å². The van der Waals surface area contributed by atoms with Crippen LogP contribution in [0, 0.1) is 46.3 Å². The lowest BCUT2D eigenvalue weighted by Gasteiger charge is -2.64. The lowest BCUT2D eigenvalue weighted by Crippen LogP contribution is -2.63. The molecular weight excluding hydrogens is 508 g/mol. The van der Waals surface area contributed by atoms with Crippen LogP contribution in [0.3, 0.4) is 0 Å². The first kappa shape index (κ1) is 32.6. The molecule has 0 spiro atoms. The highest BCUT2D eigenvalue weighted by atomic mass is 16.7. The van der Waals surface area contributed by atoms with Crippen molar-refractivity contribution in [3.8, 4) is 0 Å². The van der Waals surface area contributed by atoms with Gasteiger partial charge in [-0.2, -0.15) is 0 Å². The maximum atomic E-state index is 9.57. The number of rotatable bonds is 16. The van der Waals surface area contributed by atoms with Crippen LogP contribution in [0.5, 0.6) is 0 Å². The molecule has 0 radical (unpaired) electrons. The van der Waals surface area contributed by atoms with Crippen LogP contribution in [0.4, 0.5) is 0 Å². The Labute approximate surface area is 244 Å². The van der Waals surface area contributed by atoms with Gasteiger partial charge in [-0.1, -0.05) is 20.8 Å². The molecule has 0 aromatic carbocycles. The topological polar surface area (TPSA) is 75.6 Å². The summed E-state index contributed by atoms with van der Waals surface area (Å²) in [5.74, 6) is 3.30. The number of hydrogen-bond donors (Lipinski definition) is 1. The molecule has 234 valence electrons. The number of aliphatic hydroxyl groups excluding tert-OH is 1. The molecule has 0 aromatic rings. The zero-order chi connectivity index (χ0) is 28.8. The van der Waals surface area contributed by atoms with Crippen molar-refractivity contribution >= 4 is 0 Å². The van der Waals surface area contributed by atoms with Gasteiger partial charge in [-0.05, 0) is 119 Å². The van der Waals surface area contributed by atoms with Crippen molar-refractivity contribution in [2.24, 2.45) is 46.3 Å². The maximum Gasteiger partial charge on any atom is 0.147 e. The first-order valence-corrected chi connectivity index (χ1v) is 16.5. The highest BCUT2D eigenvalue weighted by Gasteiger charge is 2.66. The van der Waals surface area contributed by atoms with Crippen molar-refractivity contribution in [1.82, 2.24) is 0 Å². The second-order valence-corrected chi connectivity index (χ2v) is 13.6. The molecule has 0 aliphatic heterocycles. The molecule has 11 atom stereocenters. The van der Waals surface area contributed by atoms with E-state index in [2.05, 4.69) is 20.8 Å². The standard InChI is InChI=1S/C33H60O7/c1-7-35-20-38-25-14-15-32(5)24(17-25)18-29(39-21-36-8-2)31-27-13-12-26(23(4)11-10-16-34)33(27,6)30(19-28(31)32)40-22-37-9-3/h23-31,34H,7-22H2,1-6H3/t23-,24+,25-,26-,27?,28?,29-,30+,31?,32+,33-/m1/s1. The summed E-state index contributed by atoms with van der Waals surface area (Å²) < 4.78 is 36.7. The molecule has 4 rings (SSSR count). The summed E-state index contributed by atoms with van der Waals surface area (Å²) >= 11 is 0. The molecular formula is C33H60O7. The van der Waals surface area contributed by atoms with Gasteiger partial charge in [0.2, 0.25) is 0 Å². The van der Waals surface area contributed by atoms with Gasteiger partial charge in [0.25, 0.3) is 0 Å². The normalized spacial score (nSPS) is 41.8. The van der Waals surface area contributed by atoms with Crippen LogP contribution in [0.1, 0.15) is 99.3 Å². The zero-order valence-corrected chi connectivity index (χ0v) is 26.4. The summed E-state index contributed by atoms with van der Waals surface area (Å²) in [5.41, 5.74) is 0.318. The molecule has 40 heavy (non-hydrogen) atoms. The van der Waals surface area contributed by atoms with Crippen molar-refractivity contribution in [3.63, 3.8) is 0 Å². The summed E-state index contributed by atoms with van der Waals surface area (Å²) in [6.07, 6.45) is 10.6. The smallest absolute Gasteiger partial charge is 0.147 e. The van der Waals surface area contributed by atoms with Crippen molar-refractivity contribution < 1.29 is 33.5 Å². The lowest BCUT2D eigenvalue weighted by atomic mass is 9.43. The highest BCUT2D eigenvalue weighted by molar-refractivity contribution is 5.15. The van der Waals surface area contributed by atoms with Crippen molar-refractivity contribution in [2.45, 2.75) is 118 Å². The van der Waals surface area contributed by atoms with Gasteiger partial charge in [0.05, 0.1) is 18.3 Å². The van der Waals surface area contributed by atoms with E-state index in [1.54, 1.807) is 0 Å². The molecule has 1 N–H and O–H groups in total. The summed E-state index contributed by atoms with van der Waals surface area (Å²) in [6, 6.07) is 0. The van der Waals surface area contributed by atoms with Crippen molar-refractivity contribution in [2.75, 3.05) is 46.8 Å². The molecule has 0 amide bonds. The molecule has 0 saturated heterocycles. The van der Waals surface area contributed by atoms with E-state index in [4.69, 9.17) is 28.4 Å². The van der Waals surface area contributed by atoms with Gasteiger partial charge in [-0.25, -0.2) is 0 Å². The third kappa shape index (κ3) is 6.61. The predicted molar refractivity (Wildman–Crippen MR) is 156 cm³/mol. The molecule has 0 heterocycles. The van der Waals surface area contributed by atoms with E-state index in [0.29, 0.717) is 75.7 Å². The second-order valence-electron chi connectivity index (χ2n) is 13.6. The third-order valence-electron chi connectivity index (χ3n) is 12.0. The Morgan fingerprint density at radius 1 is 0.800 bits per heavy atom. The molecule has 7 heteroatoms. The van der Waals surface area contributed by atoms with Crippen LogP contribution < -0.4 is 0 Å². The van der Waals surface area contributed by atoms with Gasteiger partial charge in [0.1, 0.15) is 20.4 Å². The highest BCUT2D eigenvalue weighted by Crippen LogP contribution is 2.69. The first-order chi connectivity index (χ1) is 19.3. The van der Waals surface area contributed by atoms with E-state index in [9.17, 15) is 5.11 Å². The van der Waals surface area contributed by atoms with Gasteiger partial charge >= 0.3 is 0 Å². The fourth-order valence-corrected chi connectivity index (χ4v) is 9.91. The van der Waals surface area contributed by atoms with E-state index >= 15 is 0 Å². The Morgan fingerprint density at radius 2 is 1.48 bits per heavy atom. The monoisotopic (exact) mass is 568 g/mol. The Kier molecular flexibility index (Phi) is 12.2. The van der Waals surface area contributed by atoms with Gasteiger partial charge in [-0.3, -0.25) is 0 Å². The molecule has 4 aliphatic rings. The lowest BCUT2D eigenvalue weighted by molar-refractivity contribution is -0.252. The van der Waals surface area contributed by atoms with Gasteiger partial charge < -0.3 is 33.5 Å². The van der Waals surface area contributed by atoms with Crippen LogP contribution in [0.2, 0.25) is 0 Å². The van der Waals surface area contributed by atoms with Crippen molar-refractivity contribution in [1.29, 1.82) is 0 Å². The molecule has 7 nitrogen and oxygen atoms in total. The summed E-state index contributed by atoms with van der Waals surface area (Å²) in [7, 11) is 0. The Balaban J connectivity index is 1.64. The SMILES string of the molecule is CCOCO[C@@H]1CC[C@]2(C)C3C[C@H](OCOCC)[C@@]4(C)C(CC[C@@H]4[C@H](C)CCCO)C3[C@H](OCOCC)C[C@@H]2C1. The van der Waals surface area contributed by atoms with E-state index < -0.39 is 0 Å². The van der Waals surface area contributed by atoms with Crippen LogP contribution in [0.25, 0.3) is 0 Å².